The third-order valence-corrected chi connectivity index (χ3v) is 5.24. The number of aryl methyl sites for hydroxylation is 2. The molecule has 0 aliphatic carbocycles. The highest BCUT2D eigenvalue weighted by Gasteiger charge is 2.25. The number of nitrogens with zero attached hydrogens (tertiary/aromatic N) is 3. The minimum atomic E-state index is -1.07. The van der Waals surface area contributed by atoms with Crippen molar-refractivity contribution in [3.05, 3.63) is 77.1 Å². The summed E-state index contributed by atoms with van der Waals surface area (Å²) in [6, 6.07) is 15.5. The van der Waals surface area contributed by atoms with Gasteiger partial charge in [-0.1, -0.05) is 30.3 Å². The Labute approximate surface area is 186 Å². The van der Waals surface area contributed by atoms with E-state index in [1.165, 1.54) is 17.9 Å². The molecule has 3 aromatic rings. The highest BCUT2D eigenvalue weighted by molar-refractivity contribution is 6.12. The third-order valence-electron chi connectivity index (χ3n) is 5.24. The number of para-hydroxylation sites is 1. The number of ether oxygens (including phenoxy) is 1. The van der Waals surface area contributed by atoms with Crippen molar-refractivity contribution in [2.45, 2.75) is 26.9 Å². The molecule has 166 valence electrons. The number of esters is 1. The Bertz CT molecular complexity index is 1150. The SMILES string of the molecule is Cc1nn(C)c(C)c1NC(=O)C(C)OC(=O)c1ccccc1C(=O)N(C)c1ccccc1. The van der Waals surface area contributed by atoms with Crippen molar-refractivity contribution < 1.29 is 19.1 Å². The molecule has 3 rings (SSSR count). The minimum Gasteiger partial charge on any atom is -0.449 e. The van der Waals surface area contributed by atoms with Crippen molar-refractivity contribution in [2.24, 2.45) is 7.05 Å². The van der Waals surface area contributed by atoms with E-state index in [2.05, 4.69) is 10.4 Å². The molecule has 0 saturated carbocycles. The van der Waals surface area contributed by atoms with Crippen LogP contribution in [-0.2, 0) is 16.6 Å². The fourth-order valence-electron chi connectivity index (χ4n) is 3.25. The average Bonchev–Trinajstić information content (AvgIpc) is 3.04. The van der Waals surface area contributed by atoms with E-state index in [0.717, 1.165) is 5.69 Å². The van der Waals surface area contributed by atoms with E-state index in [-0.39, 0.29) is 17.0 Å². The van der Waals surface area contributed by atoms with Gasteiger partial charge in [0.1, 0.15) is 0 Å². The zero-order valence-electron chi connectivity index (χ0n) is 18.7. The largest absolute Gasteiger partial charge is 0.449 e. The van der Waals surface area contributed by atoms with Gasteiger partial charge in [-0.15, -0.1) is 0 Å². The molecule has 0 aliphatic heterocycles. The molecule has 8 heteroatoms. The Kier molecular flexibility index (Phi) is 6.73. The van der Waals surface area contributed by atoms with Crippen LogP contribution in [0, 0.1) is 13.8 Å². The number of rotatable bonds is 6. The molecule has 0 saturated heterocycles. The van der Waals surface area contributed by atoms with Gasteiger partial charge >= 0.3 is 5.97 Å². The molecule has 32 heavy (non-hydrogen) atoms. The molecule has 2 aromatic carbocycles. The van der Waals surface area contributed by atoms with Crippen molar-refractivity contribution >= 4 is 29.2 Å². The van der Waals surface area contributed by atoms with Crippen molar-refractivity contribution in [2.75, 3.05) is 17.3 Å². The highest BCUT2D eigenvalue weighted by atomic mass is 16.5. The summed E-state index contributed by atoms with van der Waals surface area (Å²) in [5, 5.41) is 7.01. The van der Waals surface area contributed by atoms with Crippen LogP contribution in [-0.4, -0.2) is 40.7 Å². The van der Waals surface area contributed by atoms with E-state index in [1.54, 1.807) is 56.0 Å². The van der Waals surface area contributed by atoms with Gasteiger partial charge in [0, 0.05) is 19.8 Å². The molecule has 0 spiro atoms. The Hall–Kier alpha value is -3.94. The quantitative estimate of drug-likeness (QED) is 0.600. The number of nitrogens with one attached hydrogen (secondary N) is 1. The van der Waals surface area contributed by atoms with E-state index < -0.39 is 18.0 Å². The molecule has 0 fully saturated rings. The van der Waals surface area contributed by atoms with Gasteiger partial charge in [-0.3, -0.25) is 14.3 Å². The first kappa shape index (κ1) is 22.7. The predicted molar refractivity (Wildman–Crippen MR) is 122 cm³/mol. The van der Waals surface area contributed by atoms with E-state index >= 15 is 0 Å². The number of carbonyl (C=O) groups excluding carboxylic acids is 3. The van der Waals surface area contributed by atoms with E-state index in [0.29, 0.717) is 17.1 Å². The molecule has 1 atom stereocenters. The summed E-state index contributed by atoms with van der Waals surface area (Å²) >= 11 is 0. The van der Waals surface area contributed by atoms with Gasteiger partial charge in [0.25, 0.3) is 11.8 Å². The van der Waals surface area contributed by atoms with E-state index in [1.807, 2.05) is 25.1 Å². The number of amides is 2. The maximum absolute atomic E-state index is 13.0. The molecule has 2 amide bonds. The fourth-order valence-corrected chi connectivity index (χ4v) is 3.25. The van der Waals surface area contributed by atoms with Crippen molar-refractivity contribution in [1.82, 2.24) is 9.78 Å². The Morgan fingerprint density at radius 3 is 2.19 bits per heavy atom. The maximum atomic E-state index is 13.0. The summed E-state index contributed by atoms with van der Waals surface area (Å²) < 4.78 is 7.04. The Morgan fingerprint density at radius 2 is 1.59 bits per heavy atom. The fraction of sp³-hybridized carbons (Fsp3) is 0.250. The lowest BCUT2D eigenvalue weighted by molar-refractivity contribution is -0.123. The second-order valence-corrected chi connectivity index (χ2v) is 7.45. The number of hydrogen-bond acceptors (Lipinski definition) is 5. The lowest BCUT2D eigenvalue weighted by atomic mass is 10.1. The third kappa shape index (κ3) is 4.69. The molecule has 1 heterocycles. The number of carbonyl (C=O) groups is 3. The molecule has 8 nitrogen and oxygen atoms in total. The summed E-state index contributed by atoms with van der Waals surface area (Å²) in [6.45, 7) is 5.09. The summed E-state index contributed by atoms with van der Waals surface area (Å²) in [4.78, 5) is 39.9. The standard InChI is InChI=1S/C24H26N4O4/c1-15-21(16(2)28(5)26-15)25-22(29)17(3)32-24(31)20-14-10-9-13-19(20)23(30)27(4)18-11-7-6-8-12-18/h6-14,17H,1-5H3,(H,25,29). The molecule has 0 aliphatic rings. The van der Waals surface area contributed by atoms with Crippen molar-refractivity contribution in [1.29, 1.82) is 0 Å². The number of aromatic nitrogens is 2. The van der Waals surface area contributed by atoms with Crippen LogP contribution in [0.3, 0.4) is 0 Å². The van der Waals surface area contributed by atoms with Gasteiger partial charge in [-0.05, 0) is 45.0 Å². The van der Waals surface area contributed by atoms with Crippen LogP contribution in [0.15, 0.2) is 54.6 Å². The summed E-state index contributed by atoms with van der Waals surface area (Å²) in [7, 11) is 3.41. The van der Waals surface area contributed by atoms with Gasteiger partial charge in [0.15, 0.2) is 6.10 Å². The van der Waals surface area contributed by atoms with E-state index in [4.69, 9.17) is 4.74 Å². The van der Waals surface area contributed by atoms with Crippen LogP contribution in [0.25, 0.3) is 0 Å². The van der Waals surface area contributed by atoms with Gasteiger partial charge in [-0.2, -0.15) is 5.10 Å². The zero-order chi connectivity index (χ0) is 23.4. The summed E-state index contributed by atoms with van der Waals surface area (Å²) in [5.41, 5.74) is 3.01. The van der Waals surface area contributed by atoms with Crippen LogP contribution >= 0.6 is 0 Å². The van der Waals surface area contributed by atoms with Crippen molar-refractivity contribution in [3.8, 4) is 0 Å². The summed E-state index contributed by atoms with van der Waals surface area (Å²) in [5.74, 6) is -1.59. The highest BCUT2D eigenvalue weighted by Crippen LogP contribution is 2.20. The van der Waals surface area contributed by atoms with Crippen LogP contribution in [0.1, 0.15) is 39.0 Å². The van der Waals surface area contributed by atoms with Crippen LogP contribution < -0.4 is 10.2 Å². The van der Waals surface area contributed by atoms with Crippen LogP contribution in [0.5, 0.6) is 0 Å². The second-order valence-electron chi connectivity index (χ2n) is 7.45. The van der Waals surface area contributed by atoms with Gasteiger partial charge in [0.05, 0.1) is 28.2 Å². The second kappa shape index (κ2) is 9.47. The smallest absolute Gasteiger partial charge is 0.339 e. The lowest BCUT2D eigenvalue weighted by Crippen LogP contribution is -2.32. The number of benzene rings is 2. The monoisotopic (exact) mass is 434 g/mol. The first-order chi connectivity index (χ1) is 15.2. The van der Waals surface area contributed by atoms with E-state index in [9.17, 15) is 14.4 Å². The number of anilines is 2. The molecule has 1 aromatic heterocycles. The number of hydrogen-bond donors (Lipinski definition) is 1. The molecule has 1 unspecified atom stereocenters. The van der Waals surface area contributed by atoms with Crippen LogP contribution in [0.4, 0.5) is 11.4 Å². The topological polar surface area (TPSA) is 93.5 Å². The minimum absolute atomic E-state index is 0.0914. The molecular formula is C24H26N4O4. The molecule has 0 radical (unpaired) electrons. The first-order valence-electron chi connectivity index (χ1n) is 10.1. The Balaban J connectivity index is 1.75. The molecule has 1 N–H and O–H groups in total. The van der Waals surface area contributed by atoms with Gasteiger partial charge < -0.3 is 15.0 Å². The summed E-state index contributed by atoms with van der Waals surface area (Å²) in [6.07, 6.45) is -1.07. The van der Waals surface area contributed by atoms with Gasteiger partial charge in [0.2, 0.25) is 0 Å². The van der Waals surface area contributed by atoms with Crippen molar-refractivity contribution in [3.63, 3.8) is 0 Å². The Morgan fingerprint density at radius 1 is 1.00 bits per heavy atom. The lowest BCUT2D eigenvalue weighted by Gasteiger charge is -2.19. The zero-order valence-corrected chi connectivity index (χ0v) is 18.7. The first-order valence-corrected chi connectivity index (χ1v) is 10.1. The predicted octanol–water partition coefficient (Wildman–Crippen LogP) is 3.50. The molecule has 0 bridgehead atoms. The maximum Gasteiger partial charge on any atom is 0.339 e. The average molecular weight is 434 g/mol. The van der Waals surface area contributed by atoms with Crippen LogP contribution in [0.2, 0.25) is 0 Å². The molecular weight excluding hydrogens is 408 g/mol. The van der Waals surface area contributed by atoms with Gasteiger partial charge in [-0.25, -0.2) is 4.79 Å². The normalized spacial score (nSPS) is 11.5.